The number of aliphatic hydroxyl groups excluding tert-OH is 1. The summed E-state index contributed by atoms with van der Waals surface area (Å²) in [7, 11) is 0. The van der Waals surface area contributed by atoms with Crippen LogP contribution >= 0.6 is 0 Å². The fraction of sp³-hybridized carbons (Fsp3) is 0.312. The number of hydrogen-bond donors (Lipinski definition) is 1. The van der Waals surface area contributed by atoms with E-state index in [0.717, 1.165) is 24.4 Å². The van der Waals surface area contributed by atoms with Crippen LogP contribution < -0.4 is 0 Å². The van der Waals surface area contributed by atoms with Crippen LogP contribution in [0.1, 0.15) is 29.8 Å². The molecule has 0 saturated carbocycles. The zero-order chi connectivity index (χ0) is 14.7. The van der Waals surface area contributed by atoms with Crippen LogP contribution in [0.4, 0.5) is 0 Å². The largest absolute Gasteiger partial charge is 0.386 e. The molecule has 3 atom stereocenters. The Morgan fingerprint density at radius 2 is 2.09 bits per heavy atom. The summed E-state index contributed by atoms with van der Waals surface area (Å²) < 4.78 is 3.99. The molecule has 0 radical (unpaired) electrons. The van der Waals surface area contributed by atoms with Crippen molar-refractivity contribution in [3.05, 3.63) is 54.2 Å². The molecule has 0 saturated heterocycles. The van der Waals surface area contributed by atoms with Crippen LogP contribution in [0.25, 0.3) is 11.3 Å². The van der Waals surface area contributed by atoms with Gasteiger partial charge in [0.2, 0.25) is 0 Å². The maximum absolute atomic E-state index is 10.8. The number of aromatic nitrogens is 5. The van der Waals surface area contributed by atoms with Crippen LogP contribution in [-0.4, -0.2) is 29.7 Å². The third-order valence-corrected chi connectivity index (χ3v) is 4.96. The van der Waals surface area contributed by atoms with Gasteiger partial charge >= 0.3 is 0 Å². The summed E-state index contributed by atoms with van der Waals surface area (Å²) in [5, 5.41) is 18.8. The quantitative estimate of drug-likeness (QED) is 0.743. The van der Waals surface area contributed by atoms with Gasteiger partial charge < -0.3 is 9.67 Å². The molecule has 4 heterocycles. The second-order valence-electron chi connectivity index (χ2n) is 6.00. The van der Waals surface area contributed by atoms with Crippen molar-refractivity contribution < 1.29 is 5.11 Å². The number of aliphatic hydroxyl groups is 1. The number of benzene rings is 1. The van der Waals surface area contributed by atoms with Crippen molar-refractivity contribution in [3.8, 4) is 11.3 Å². The molecule has 0 amide bonds. The minimum atomic E-state index is -0.560. The molecular formula is C16H15N5O. The number of rotatable bonds is 1. The number of nitrogens with zero attached hydrogens (tertiary/aromatic N) is 5. The van der Waals surface area contributed by atoms with Crippen molar-refractivity contribution in [1.82, 2.24) is 24.5 Å². The molecular weight excluding hydrogens is 278 g/mol. The molecule has 110 valence electrons. The van der Waals surface area contributed by atoms with E-state index in [1.54, 1.807) is 10.9 Å². The average molecular weight is 293 g/mol. The Bertz CT molecular complexity index is 852. The van der Waals surface area contributed by atoms with E-state index in [-0.39, 0.29) is 12.0 Å². The van der Waals surface area contributed by atoms with Crippen molar-refractivity contribution in [1.29, 1.82) is 0 Å². The van der Waals surface area contributed by atoms with Crippen LogP contribution in [0.15, 0.2) is 43.0 Å². The van der Waals surface area contributed by atoms with Gasteiger partial charge in [-0.15, -0.1) is 5.10 Å². The van der Waals surface area contributed by atoms with Crippen LogP contribution in [0, 0.1) is 5.92 Å². The van der Waals surface area contributed by atoms with Gasteiger partial charge in [0, 0.05) is 18.0 Å². The molecule has 3 unspecified atom stereocenters. The topological polar surface area (TPSA) is 68.8 Å². The molecule has 1 N–H and O–H groups in total. The first-order chi connectivity index (χ1) is 10.8. The van der Waals surface area contributed by atoms with Crippen molar-refractivity contribution in [2.24, 2.45) is 5.92 Å². The van der Waals surface area contributed by atoms with Crippen molar-refractivity contribution in [2.45, 2.75) is 25.1 Å². The number of hydrogen-bond acceptors (Lipinski definition) is 4. The molecule has 22 heavy (non-hydrogen) atoms. The van der Waals surface area contributed by atoms with E-state index in [0.29, 0.717) is 0 Å². The molecule has 2 aliphatic rings. The lowest BCUT2D eigenvalue weighted by atomic mass is 9.83. The highest BCUT2D eigenvalue weighted by atomic mass is 16.3. The number of fused-ring (bicyclic) bond motifs is 4. The fourth-order valence-corrected chi connectivity index (χ4v) is 3.96. The Labute approximate surface area is 127 Å². The minimum absolute atomic E-state index is 0.0996. The summed E-state index contributed by atoms with van der Waals surface area (Å²) in [4.78, 5) is 4.30. The van der Waals surface area contributed by atoms with Crippen molar-refractivity contribution >= 4 is 0 Å². The molecule has 0 fully saturated rings. The molecule has 2 aliphatic heterocycles. The van der Waals surface area contributed by atoms with Crippen molar-refractivity contribution in [3.63, 3.8) is 0 Å². The monoisotopic (exact) mass is 293 g/mol. The summed E-state index contributed by atoms with van der Waals surface area (Å²) in [6.45, 7) is 0.791. The molecule has 0 bridgehead atoms. The molecule has 6 nitrogen and oxygen atoms in total. The number of aryl methyl sites for hydroxylation is 1. The number of imidazole rings is 1. The van der Waals surface area contributed by atoms with Crippen molar-refractivity contribution in [2.75, 3.05) is 0 Å². The summed E-state index contributed by atoms with van der Waals surface area (Å²) in [6.07, 6.45) is 5.76. The van der Waals surface area contributed by atoms with Gasteiger partial charge in [-0.1, -0.05) is 29.5 Å². The van der Waals surface area contributed by atoms with Crippen LogP contribution in [0.3, 0.4) is 0 Å². The predicted molar refractivity (Wildman–Crippen MR) is 78.9 cm³/mol. The van der Waals surface area contributed by atoms with E-state index < -0.39 is 6.10 Å². The Morgan fingerprint density at radius 3 is 3.05 bits per heavy atom. The van der Waals surface area contributed by atoms with Gasteiger partial charge in [-0.2, -0.15) is 0 Å². The SMILES string of the molecule is OC1c2cnnn2CCC1C1c2ccccc2-c2cncn21. The second kappa shape index (κ2) is 4.27. The first kappa shape index (κ1) is 12.1. The van der Waals surface area contributed by atoms with E-state index in [9.17, 15) is 5.11 Å². The Balaban J connectivity index is 1.65. The van der Waals surface area contributed by atoms with E-state index in [4.69, 9.17) is 0 Å². The van der Waals surface area contributed by atoms with Gasteiger partial charge in [0.15, 0.2) is 0 Å². The summed E-state index contributed by atoms with van der Waals surface area (Å²) in [6, 6.07) is 8.52. The molecule has 1 aromatic carbocycles. The standard InChI is InChI=1S/C16H15N5O/c22-16-12(5-6-21-14(16)8-18-19-21)15-11-4-2-1-3-10(11)13-7-17-9-20(13)15/h1-4,7-9,12,15-16,22H,5-6H2. The molecule has 5 rings (SSSR count). The first-order valence-electron chi connectivity index (χ1n) is 7.52. The summed E-state index contributed by atoms with van der Waals surface area (Å²) in [5.74, 6) is 0.0996. The zero-order valence-electron chi connectivity index (χ0n) is 11.9. The Kier molecular flexibility index (Phi) is 2.35. The molecule has 6 heteroatoms. The highest BCUT2D eigenvalue weighted by Crippen LogP contribution is 2.48. The van der Waals surface area contributed by atoms with Gasteiger partial charge in [-0.25, -0.2) is 9.67 Å². The minimum Gasteiger partial charge on any atom is -0.386 e. The smallest absolute Gasteiger partial charge is 0.102 e. The molecule has 2 aromatic heterocycles. The Morgan fingerprint density at radius 1 is 1.18 bits per heavy atom. The van der Waals surface area contributed by atoms with Gasteiger partial charge in [0.25, 0.3) is 0 Å². The van der Waals surface area contributed by atoms with Crippen LogP contribution in [-0.2, 0) is 6.54 Å². The average Bonchev–Trinajstić information content (AvgIpc) is 3.23. The predicted octanol–water partition coefficient (Wildman–Crippen LogP) is 1.80. The van der Waals surface area contributed by atoms with E-state index >= 15 is 0 Å². The normalized spacial score (nSPS) is 25.6. The third kappa shape index (κ3) is 1.45. The Hall–Kier alpha value is -2.47. The van der Waals surface area contributed by atoms with E-state index in [1.807, 2.05) is 12.5 Å². The van der Waals surface area contributed by atoms with Crippen LogP contribution in [0.2, 0.25) is 0 Å². The highest BCUT2D eigenvalue weighted by molar-refractivity contribution is 5.69. The van der Waals surface area contributed by atoms with Gasteiger partial charge in [0.1, 0.15) is 6.10 Å². The zero-order valence-corrected chi connectivity index (χ0v) is 11.9. The lowest BCUT2D eigenvalue weighted by Gasteiger charge is -2.33. The maximum atomic E-state index is 10.8. The fourth-order valence-electron chi connectivity index (χ4n) is 3.96. The lowest BCUT2D eigenvalue weighted by molar-refractivity contribution is 0.0524. The highest BCUT2D eigenvalue weighted by Gasteiger charge is 2.41. The first-order valence-corrected chi connectivity index (χ1v) is 7.52. The van der Waals surface area contributed by atoms with E-state index in [1.165, 1.54) is 11.1 Å². The summed E-state index contributed by atoms with van der Waals surface area (Å²) in [5.41, 5.74) is 4.42. The molecule has 3 aromatic rings. The van der Waals surface area contributed by atoms with Gasteiger partial charge in [0.05, 0.1) is 36.2 Å². The lowest BCUT2D eigenvalue weighted by Crippen LogP contribution is -2.31. The summed E-state index contributed by atoms with van der Waals surface area (Å²) >= 11 is 0. The van der Waals surface area contributed by atoms with Gasteiger partial charge in [-0.3, -0.25) is 0 Å². The second-order valence-corrected chi connectivity index (χ2v) is 6.00. The molecule has 0 aliphatic carbocycles. The van der Waals surface area contributed by atoms with Crippen LogP contribution in [0.5, 0.6) is 0 Å². The van der Waals surface area contributed by atoms with Gasteiger partial charge in [-0.05, 0) is 12.0 Å². The van der Waals surface area contributed by atoms with E-state index in [2.05, 4.69) is 44.1 Å². The molecule has 0 spiro atoms. The maximum Gasteiger partial charge on any atom is 0.102 e. The third-order valence-electron chi connectivity index (χ3n) is 4.96.